The minimum absolute atomic E-state index is 0.226. The summed E-state index contributed by atoms with van der Waals surface area (Å²) < 4.78 is 14.0. The van der Waals surface area contributed by atoms with Crippen LogP contribution in [0.25, 0.3) is 11.3 Å². The molecule has 0 fully saturated rings. The summed E-state index contributed by atoms with van der Waals surface area (Å²) in [4.78, 5) is 24.1. The maximum atomic E-state index is 12.9. The molecule has 1 heterocycles. The Labute approximate surface area is 143 Å². The van der Waals surface area contributed by atoms with Crippen LogP contribution in [0.1, 0.15) is 5.56 Å². The molecule has 0 saturated heterocycles. The van der Waals surface area contributed by atoms with Crippen molar-refractivity contribution in [3.8, 4) is 11.3 Å². The van der Waals surface area contributed by atoms with E-state index in [1.807, 2.05) is 31.2 Å². The van der Waals surface area contributed by atoms with Crippen molar-refractivity contribution in [1.29, 1.82) is 0 Å². The lowest BCUT2D eigenvalue weighted by atomic mass is 10.1. The van der Waals surface area contributed by atoms with Crippen molar-refractivity contribution in [3.63, 3.8) is 0 Å². The maximum Gasteiger partial charge on any atom is 0.267 e. The molecule has 0 saturated carbocycles. The first-order valence-corrected chi connectivity index (χ1v) is 7.72. The fourth-order valence-corrected chi connectivity index (χ4v) is 2.44. The Morgan fingerprint density at radius 3 is 2.52 bits per heavy atom. The van der Waals surface area contributed by atoms with Gasteiger partial charge in [0.05, 0.1) is 5.69 Å². The summed E-state index contributed by atoms with van der Waals surface area (Å²) in [5.41, 5.74) is 2.62. The number of benzene rings is 2. The van der Waals surface area contributed by atoms with Crippen LogP contribution in [0.5, 0.6) is 0 Å². The van der Waals surface area contributed by atoms with Gasteiger partial charge < -0.3 is 5.32 Å². The third-order valence-electron chi connectivity index (χ3n) is 3.71. The van der Waals surface area contributed by atoms with Gasteiger partial charge in [-0.3, -0.25) is 9.59 Å². The van der Waals surface area contributed by atoms with Crippen LogP contribution >= 0.6 is 0 Å². The number of amides is 1. The maximum absolute atomic E-state index is 12.9. The lowest BCUT2D eigenvalue weighted by Crippen LogP contribution is -2.29. The third-order valence-corrected chi connectivity index (χ3v) is 3.71. The number of nitrogens with zero attached hydrogens (tertiary/aromatic N) is 2. The summed E-state index contributed by atoms with van der Waals surface area (Å²) in [7, 11) is 0. The van der Waals surface area contributed by atoms with Gasteiger partial charge >= 0.3 is 0 Å². The minimum Gasteiger partial charge on any atom is -0.324 e. The lowest BCUT2D eigenvalue weighted by Gasteiger charge is -2.09. The molecule has 1 aromatic heterocycles. The van der Waals surface area contributed by atoms with Crippen LogP contribution in [-0.2, 0) is 11.3 Å². The number of hydrogen-bond acceptors (Lipinski definition) is 3. The van der Waals surface area contributed by atoms with Gasteiger partial charge in [-0.15, -0.1) is 0 Å². The number of aryl methyl sites for hydroxylation is 1. The highest BCUT2D eigenvalue weighted by atomic mass is 19.1. The van der Waals surface area contributed by atoms with E-state index in [4.69, 9.17) is 0 Å². The Balaban J connectivity index is 1.81. The molecule has 1 amide bonds. The molecule has 1 N–H and O–H groups in total. The summed E-state index contributed by atoms with van der Waals surface area (Å²) in [6, 6.07) is 16.1. The minimum atomic E-state index is -0.414. The molecule has 5 nitrogen and oxygen atoms in total. The second-order valence-electron chi connectivity index (χ2n) is 5.58. The predicted molar refractivity (Wildman–Crippen MR) is 93.7 cm³/mol. The molecule has 0 bridgehead atoms. The van der Waals surface area contributed by atoms with Gasteiger partial charge in [0.25, 0.3) is 5.56 Å². The quantitative estimate of drug-likeness (QED) is 0.796. The number of anilines is 1. The summed E-state index contributed by atoms with van der Waals surface area (Å²) >= 11 is 0. The van der Waals surface area contributed by atoms with Gasteiger partial charge in [-0.2, -0.15) is 5.10 Å². The Morgan fingerprint density at radius 1 is 1.08 bits per heavy atom. The van der Waals surface area contributed by atoms with Crippen LogP contribution in [-0.4, -0.2) is 15.7 Å². The number of carbonyl (C=O) groups excluding carboxylic acids is 1. The first kappa shape index (κ1) is 16.6. The average molecular weight is 337 g/mol. The molecular weight excluding hydrogens is 321 g/mol. The summed E-state index contributed by atoms with van der Waals surface area (Å²) in [5.74, 6) is -0.801. The molecule has 2 aromatic carbocycles. The van der Waals surface area contributed by atoms with E-state index in [-0.39, 0.29) is 17.9 Å². The van der Waals surface area contributed by atoms with Gasteiger partial charge in [-0.25, -0.2) is 9.07 Å². The fraction of sp³-hybridized carbons (Fsp3) is 0.105. The molecule has 0 unspecified atom stereocenters. The van der Waals surface area contributed by atoms with Gasteiger partial charge in [0.2, 0.25) is 5.91 Å². The van der Waals surface area contributed by atoms with Crippen molar-refractivity contribution >= 4 is 11.6 Å². The number of rotatable bonds is 4. The molecule has 0 atom stereocenters. The van der Waals surface area contributed by atoms with Crippen LogP contribution in [0.2, 0.25) is 0 Å². The van der Waals surface area contributed by atoms with E-state index >= 15 is 0 Å². The summed E-state index contributed by atoms with van der Waals surface area (Å²) in [6.07, 6.45) is 0. The largest absolute Gasteiger partial charge is 0.324 e. The number of hydrogen-bond donors (Lipinski definition) is 1. The third kappa shape index (κ3) is 3.98. The molecule has 25 heavy (non-hydrogen) atoms. The van der Waals surface area contributed by atoms with Gasteiger partial charge in [0.1, 0.15) is 12.4 Å². The Morgan fingerprint density at radius 2 is 1.80 bits per heavy atom. The van der Waals surface area contributed by atoms with E-state index in [1.54, 1.807) is 6.07 Å². The van der Waals surface area contributed by atoms with Crippen LogP contribution in [0, 0.1) is 12.7 Å². The van der Waals surface area contributed by atoms with Gasteiger partial charge in [0.15, 0.2) is 0 Å². The lowest BCUT2D eigenvalue weighted by molar-refractivity contribution is -0.117. The Bertz CT molecular complexity index is 965. The van der Waals surface area contributed by atoms with Crippen molar-refractivity contribution in [3.05, 3.63) is 82.4 Å². The molecule has 0 radical (unpaired) electrons. The second-order valence-corrected chi connectivity index (χ2v) is 5.58. The second kappa shape index (κ2) is 7.09. The molecule has 3 aromatic rings. The number of aromatic nitrogens is 2. The highest BCUT2D eigenvalue weighted by Gasteiger charge is 2.09. The first-order chi connectivity index (χ1) is 12.0. The van der Waals surface area contributed by atoms with Crippen LogP contribution < -0.4 is 10.9 Å². The fourth-order valence-electron chi connectivity index (χ4n) is 2.44. The van der Waals surface area contributed by atoms with Crippen LogP contribution in [0.15, 0.2) is 65.5 Å². The number of carbonyl (C=O) groups is 1. The molecule has 0 aliphatic heterocycles. The van der Waals surface area contributed by atoms with E-state index in [1.165, 1.54) is 30.3 Å². The van der Waals surface area contributed by atoms with Crippen molar-refractivity contribution in [2.75, 3.05) is 5.32 Å². The van der Waals surface area contributed by atoms with E-state index in [0.717, 1.165) is 15.8 Å². The summed E-state index contributed by atoms with van der Waals surface area (Å²) in [5, 5.41) is 6.89. The monoisotopic (exact) mass is 337 g/mol. The standard InChI is InChI=1S/C19H16FN3O2/c1-13-4-2-3-5-16(13)17-10-11-19(25)23(22-17)12-18(24)21-15-8-6-14(20)7-9-15/h2-11H,12H2,1H3,(H,21,24). The number of halogens is 1. The molecular formula is C19H16FN3O2. The Hall–Kier alpha value is -3.28. The SMILES string of the molecule is Cc1ccccc1-c1ccc(=O)n(CC(=O)Nc2ccc(F)cc2)n1. The van der Waals surface area contributed by atoms with Crippen molar-refractivity contribution < 1.29 is 9.18 Å². The van der Waals surface area contributed by atoms with Gasteiger partial charge in [-0.05, 0) is 42.8 Å². The normalized spacial score (nSPS) is 10.5. The van der Waals surface area contributed by atoms with Crippen LogP contribution in [0.4, 0.5) is 10.1 Å². The van der Waals surface area contributed by atoms with Gasteiger partial charge in [0, 0.05) is 17.3 Å². The van der Waals surface area contributed by atoms with Gasteiger partial charge in [-0.1, -0.05) is 24.3 Å². The first-order valence-electron chi connectivity index (χ1n) is 7.72. The smallest absolute Gasteiger partial charge is 0.267 e. The van der Waals surface area contributed by atoms with E-state index in [2.05, 4.69) is 10.4 Å². The molecule has 126 valence electrons. The summed E-state index contributed by atoms with van der Waals surface area (Å²) in [6.45, 7) is 1.73. The molecule has 0 spiro atoms. The Kier molecular flexibility index (Phi) is 4.70. The zero-order valence-corrected chi connectivity index (χ0v) is 13.6. The predicted octanol–water partition coefficient (Wildman–Crippen LogP) is 3.00. The van der Waals surface area contributed by atoms with Crippen molar-refractivity contribution in [1.82, 2.24) is 9.78 Å². The van der Waals surface area contributed by atoms with E-state index in [9.17, 15) is 14.0 Å². The van der Waals surface area contributed by atoms with Crippen molar-refractivity contribution in [2.45, 2.75) is 13.5 Å². The highest BCUT2D eigenvalue weighted by Crippen LogP contribution is 2.19. The zero-order valence-electron chi connectivity index (χ0n) is 13.6. The topological polar surface area (TPSA) is 64.0 Å². The molecule has 3 rings (SSSR count). The highest BCUT2D eigenvalue weighted by molar-refractivity contribution is 5.90. The average Bonchev–Trinajstić information content (AvgIpc) is 2.59. The van der Waals surface area contributed by atoms with E-state index in [0.29, 0.717) is 11.4 Å². The van der Waals surface area contributed by atoms with Crippen LogP contribution in [0.3, 0.4) is 0 Å². The molecule has 0 aliphatic rings. The molecule has 0 aliphatic carbocycles. The van der Waals surface area contributed by atoms with E-state index < -0.39 is 5.91 Å². The number of nitrogens with one attached hydrogen (secondary N) is 1. The van der Waals surface area contributed by atoms with Crippen molar-refractivity contribution in [2.24, 2.45) is 0 Å². The molecule has 6 heteroatoms. The zero-order chi connectivity index (χ0) is 17.8.